The highest BCUT2D eigenvalue weighted by atomic mass is 16.1. The van der Waals surface area contributed by atoms with Gasteiger partial charge in [0.1, 0.15) is 0 Å². The van der Waals surface area contributed by atoms with Crippen LogP contribution in [0.2, 0.25) is 0 Å². The van der Waals surface area contributed by atoms with E-state index in [0.717, 1.165) is 12.8 Å². The standard InChI is InChI=1S/C12H16N6O/c1-17(2)10-9-11(16-12(13)15-10)18(6-14-9)7-4-3-5-8(7)19/h6-7H,3-5H2,1-2H3,(H2,13,15,16). The van der Waals surface area contributed by atoms with Gasteiger partial charge in [0.05, 0.1) is 12.4 Å². The van der Waals surface area contributed by atoms with Crippen molar-refractivity contribution in [2.24, 2.45) is 0 Å². The van der Waals surface area contributed by atoms with E-state index in [0.29, 0.717) is 23.4 Å². The molecule has 0 amide bonds. The highest BCUT2D eigenvalue weighted by Gasteiger charge is 2.28. The molecule has 0 saturated heterocycles. The fourth-order valence-corrected chi connectivity index (χ4v) is 2.55. The Bertz CT molecular complexity index is 647. The van der Waals surface area contributed by atoms with E-state index in [1.165, 1.54) is 0 Å². The van der Waals surface area contributed by atoms with Gasteiger partial charge in [0.25, 0.3) is 0 Å². The zero-order valence-corrected chi connectivity index (χ0v) is 11.0. The van der Waals surface area contributed by atoms with E-state index in [2.05, 4.69) is 15.0 Å². The van der Waals surface area contributed by atoms with Crippen molar-refractivity contribution in [3.8, 4) is 0 Å². The lowest BCUT2D eigenvalue weighted by Crippen LogP contribution is -2.15. The molecule has 1 aliphatic carbocycles. The predicted octanol–water partition coefficient (Wildman–Crippen LogP) is 0.769. The molecule has 1 aliphatic rings. The van der Waals surface area contributed by atoms with Crippen molar-refractivity contribution in [1.29, 1.82) is 0 Å². The van der Waals surface area contributed by atoms with Crippen molar-refractivity contribution in [3.63, 3.8) is 0 Å². The maximum atomic E-state index is 11.9. The molecule has 0 aliphatic heterocycles. The number of nitrogen functional groups attached to an aromatic ring is 1. The second kappa shape index (κ2) is 4.18. The minimum Gasteiger partial charge on any atom is -0.368 e. The van der Waals surface area contributed by atoms with Crippen LogP contribution >= 0.6 is 0 Å². The number of imidazole rings is 1. The fourth-order valence-electron chi connectivity index (χ4n) is 2.55. The molecule has 0 radical (unpaired) electrons. The lowest BCUT2D eigenvalue weighted by Gasteiger charge is -2.14. The van der Waals surface area contributed by atoms with Crippen molar-refractivity contribution in [3.05, 3.63) is 6.33 Å². The van der Waals surface area contributed by atoms with Gasteiger partial charge in [0.15, 0.2) is 22.8 Å². The summed E-state index contributed by atoms with van der Waals surface area (Å²) in [5, 5.41) is 0. The summed E-state index contributed by atoms with van der Waals surface area (Å²) in [5.41, 5.74) is 7.06. The van der Waals surface area contributed by atoms with E-state index >= 15 is 0 Å². The number of carbonyl (C=O) groups is 1. The Kier molecular flexibility index (Phi) is 2.62. The molecule has 2 heterocycles. The zero-order chi connectivity index (χ0) is 13.6. The third kappa shape index (κ3) is 1.81. The van der Waals surface area contributed by atoms with Gasteiger partial charge in [-0.05, 0) is 12.8 Å². The van der Waals surface area contributed by atoms with Gasteiger partial charge in [-0.3, -0.25) is 4.79 Å². The molecule has 19 heavy (non-hydrogen) atoms. The Morgan fingerprint density at radius 1 is 1.42 bits per heavy atom. The first-order chi connectivity index (χ1) is 9.08. The third-order valence-electron chi connectivity index (χ3n) is 3.45. The van der Waals surface area contributed by atoms with Crippen molar-refractivity contribution in [2.75, 3.05) is 24.7 Å². The molecule has 100 valence electrons. The first kappa shape index (κ1) is 11.9. The van der Waals surface area contributed by atoms with Crippen LogP contribution in [0.25, 0.3) is 11.2 Å². The van der Waals surface area contributed by atoms with E-state index in [1.54, 1.807) is 6.33 Å². The number of Topliss-reactive ketones (excluding diaryl/α,β-unsaturated/α-hetero) is 1. The molecule has 0 bridgehead atoms. The minimum absolute atomic E-state index is 0.158. The molecule has 2 aromatic heterocycles. The number of nitrogens with zero attached hydrogens (tertiary/aromatic N) is 5. The molecule has 0 spiro atoms. The Morgan fingerprint density at radius 3 is 2.84 bits per heavy atom. The van der Waals surface area contributed by atoms with E-state index < -0.39 is 0 Å². The molecule has 2 aromatic rings. The molecule has 7 heteroatoms. The van der Waals surface area contributed by atoms with Crippen LogP contribution in [0.3, 0.4) is 0 Å². The SMILES string of the molecule is CN(C)c1nc(N)nc2c1ncn2C1CCCC1=O. The van der Waals surface area contributed by atoms with Crippen LogP contribution in [-0.2, 0) is 4.79 Å². The quantitative estimate of drug-likeness (QED) is 0.857. The minimum atomic E-state index is -0.158. The van der Waals surface area contributed by atoms with Crippen LogP contribution in [0.15, 0.2) is 6.33 Å². The third-order valence-corrected chi connectivity index (χ3v) is 3.45. The molecular weight excluding hydrogens is 244 g/mol. The average molecular weight is 260 g/mol. The molecule has 7 nitrogen and oxygen atoms in total. The monoisotopic (exact) mass is 260 g/mol. The lowest BCUT2D eigenvalue weighted by molar-refractivity contribution is -0.120. The van der Waals surface area contributed by atoms with Gasteiger partial charge < -0.3 is 15.2 Å². The maximum absolute atomic E-state index is 11.9. The first-order valence-electron chi connectivity index (χ1n) is 6.28. The normalized spacial score (nSPS) is 19.3. The van der Waals surface area contributed by atoms with E-state index in [-0.39, 0.29) is 17.8 Å². The Balaban J connectivity index is 2.20. The summed E-state index contributed by atoms with van der Waals surface area (Å²) < 4.78 is 1.83. The summed E-state index contributed by atoms with van der Waals surface area (Å²) in [7, 11) is 3.75. The largest absolute Gasteiger partial charge is 0.368 e. The summed E-state index contributed by atoms with van der Waals surface area (Å²) in [6, 6.07) is -0.158. The molecule has 1 fully saturated rings. The highest BCUT2D eigenvalue weighted by Crippen LogP contribution is 2.30. The summed E-state index contributed by atoms with van der Waals surface area (Å²) in [5.74, 6) is 1.11. The van der Waals surface area contributed by atoms with Crippen molar-refractivity contribution in [2.45, 2.75) is 25.3 Å². The van der Waals surface area contributed by atoms with Gasteiger partial charge in [-0.2, -0.15) is 9.97 Å². The number of rotatable bonds is 2. The van der Waals surface area contributed by atoms with E-state index in [9.17, 15) is 4.79 Å². The summed E-state index contributed by atoms with van der Waals surface area (Å²) in [6.45, 7) is 0. The topological polar surface area (TPSA) is 89.9 Å². The van der Waals surface area contributed by atoms with Crippen LogP contribution in [0.5, 0.6) is 0 Å². The second-order valence-corrected chi connectivity index (χ2v) is 5.00. The molecule has 1 atom stereocenters. The van der Waals surface area contributed by atoms with Gasteiger partial charge in [0.2, 0.25) is 5.95 Å². The molecule has 3 rings (SSSR count). The number of carbonyl (C=O) groups excluding carboxylic acids is 1. The van der Waals surface area contributed by atoms with Gasteiger partial charge in [0, 0.05) is 20.5 Å². The first-order valence-corrected chi connectivity index (χ1v) is 6.28. The molecule has 1 unspecified atom stereocenters. The van der Waals surface area contributed by atoms with Crippen LogP contribution in [0.4, 0.5) is 11.8 Å². The molecule has 1 saturated carbocycles. The number of fused-ring (bicyclic) bond motifs is 1. The van der Waals surface area contributed by atoms with Crippen molar-refractivity contribution < 1.29 is 4.79 Å². The van der Waals surface area contributed by atoms with Gasteiger partial charge >= 0.3 is 0 Å². The van der Waals surface area contributed by atoms with Crippen LogP contribution in [-0.4, -0.2) is 39.4 Å². The summed E-state index contributed by atoms with van der Waals surface area (Å²) >= 11 is 0. The summed E-state index contributed by atoms with van der Waals surface area (Å²) in [6.07, 6.45) is 4.06. The molecule has 2 N–H and O–H groups in total. The Morgan fingerprint density at radius 2 is 2.21 bits per heavy atom. The number of aromatic nitrogens is 4. The van der Waals surface area contributed by atoms with Gasteiger partial charge in [-0.15, -0.1) is 0 Å². The van der Waals surface area contributed by atoms with Crippen molar-refractivity contribution in [1.82, 2.24) is 19.5 Å². The lowest BCUT2D eigenvalue weighted by atomic mass is 10.2. The number of hydrogen-bond acceptors (Lipinski definition) is 6. The van der Waals surface area contributed by atoms with Gasteiger partial charge in [-0.1, -0.05) is 0 Å². The smallest absolute Gasteiger partial charge is 0.224 e. The Hall–Kier alpha value is -2.18. The van der Waals surface area contributed by atoms with E-state index in [1.807, 2.05) is 23.6 Å². The number of hydrogen-bond donors (Lipinski definition) is 1. The number of ketones is 1. The van der Waals surface area contributed by atoms with E-state index in [4.69, 9.17) is 5.73 Å². The zero-order valence-electron chi connectivity index (χ0n) is 11.0. The second-order valence-electron chi connectivity index (χ2n) is 5.00. The fraction of sp³-hybridized carbons (Fsp3) is 0.500. The van der Waals surface area contributed by atoms with Crippen LogP contribution in [0, 0.1) is 0 Å². The van der Waals surface area contributed by atoms with Gasteiger partial charge in [-0.25, -0.2) is 4.98 Å². The van der Waals surface area contributed by atoms with Crippen LogP contribution < -0.4 is 10.6 Å². The summed E-state index contributed by atoms with van der Waals surface area (Å²) in [4.78, 5) is 26.5. The Labute approximate surface area is 110 Å². The predicted molar refractivity (Wildman–Crippen MR) is 72.0 cm³/mol. The van der Waals surface area contributed by atoms with Crippen LogP contribution in [0.1, 0.15) is 25.3 Å². The molecule has 0 aromatic carbocycles. The average Bonchev–Trinajstić information content (AvgIpc) is 2.93. The maximum Gasteiger partial charge on any atom is 0.224 e. The highest BCUT2D eigenvalue weighted by molar-refractivity contribution is 5.89. The van der Waals surface area contributed by atoms with Crippen molar-refractivity contribution >= 4 is 28.7 Å². The number of nitrogens with two attached hydrogens (primary N) is 1. The number of anilines is 2. The molecular formula is C12H16N6O.